The second-order valence-electron chi connectivity index (χ2n) is 6.68. The van der Waals surface area contributed by atoms with Gasteiger partial charge in [-0.05, 0) is 55.8 Å². The predicted octanol–water partition coefficient (Wildman–Crippen LogP) is 2.59. The van der Waals surface area contributed by atoms with Crippen molar-refractivity contribution in [3.05, 3.63) is 42.4 Å². The van der Waals surface area contributed by atoms with Gasteiger partial charge >= 0.3 is 0 Å². The van der Waals surface area contributed by atoms with Crippen LogP contribution in [0.4, 0.5) is 8.78 Å². The van der Waals surface area contributed by atoms with Crippen LogP contribution in [0, 0.1) is 0 Å². The Hall–Kier alpha value is -2.43. The third kappa shape index (κ3) is 3.75. The van der Waals surface area contributed by atoms with E-state index in [-0.39, 0.29) is 16.8 Å². The Kier molecular flexibility index (Phi) is 5.09. The van der Waals surface area contributed by atoms with Crippen molar-refractivity contribution >= 4 is 21.1 Å². The molecule has 10 heteroatoms. The van der Waals surface area contributed by atoms with Gasteiger partial charge in [0.2, 0.25) is 0 Å². The summed E-state index contributed by atoms with van der Waals surface area (Å²) in [6, 6.07) is 5.97. The molecule has 0 amide bonds. The van der Waals surface area contributed by atoms with Gasteiger partial charge in [-0.3, -0.25) is 0 Å². The highest BCUT2D eigenvalue weighted by Gasteiger charge is 2.23. The zero-order valence-electron chi connectivity index (χ0n) is 14.8. The number of pyridine rings is 2. The first-order valence-corrected chi connectivity index (χ1v) is 10.4. The molecule has 0 bridgehead atoms. The minimum absolute atomic E-state index is 0.0672. The van der Waals surface area contributed by atoms with Crippen molar-refractivity contribution < 1.29 is 17.2 Å². The molecule has 3 aromatic rings. The number of alkyl halides is 2. The Labute approximate surface area is 160 Å². The molecule has 0 atom stereocenters. The number of halogens is 2. The fourth-order valence-corrected chi connectivity index (χ4v) is 4.57. The van der Waals surface area contributed by atoms with Crippen LogP contribution in [0.3, 0.4) is 0 Å². The largest absolute Gasteiger partial charge is 0.338 e. The molecule has 0 saturated carbocycles. The van der Waals surface area contributed by atoms with E-state index in [0.29, 0.717) is 22.2 Å². The summed E-state index contributed by atoms with van der Waals surface area (Å²) in [5.74, 6) is 0. The number of hydrogen-bond donors (Lipinski definition) is 3. The van der Waals surface area contributed by atoms with E-state index in [2.05, 4.69) is 25.0 Å². The van der Waals surface area contributed by atoms with Crippen LogP contribution in [0.25, 0.3) is 22.2 Å². The third-order valence-electron chi connectivity index (χ3n) is 4.77. The quantitative estimate of drug-likeness (QED) is 0.604. The molecule has 0 unspecified atom stereocenters. The number of hydrogen-bond acceptors (Lipinski definition) is 5. The fourth-order valence-electron chi connectivity index (χ4n) is 3.33. The molecule has 0 radical (unpaired) electrons. The van der Waals surface area contributed by atoms with Crippen LogP contribution < -0.4 is 10.0 Å². The lowest BCUT2D eigenvalue weighted by Gasteiger charge is -2.23. The van der Waals surface area contributed by atoms with Gasteiger partial charge in [0.05, 0.1) is 5.69 Å². The second kappa shape index (κ2) is 7.53. The number of nitrogens with zero attached hydrogens (tertiary/aromatic N) is 2. The monoisotopic (exact) mass is 407 g/mol. The van der Waals surface area contributed by atoms with Crippen molar-refractivity contribution in [3.8, 4) is 11.1 Å². The summed E-state index contributed by atoms with van der Waals surface area (Å²) in [4.78, 5) is 10.8. The number of aromatic nitrogens is 3. The van der Waals surface area contributed by atoms with Crippen molar-refractivity contribution in [3.63, 3.8) is 0 Å². The molecule has 3 N–H and O–H groups in total. The van der Waals surface area contributed by atoms with E-state index >= 15 is 0 Å². The average molecular weight is 407 g/mol. The lowest BCUT2D eigenvalue weighted by Crippen LogP contribution is -2.42. The first kappa shape index (κ1) is 18.9. The number of fused-ring (bicyclic) bond motifs is 1. The number of rotatable bonds is 5. The van der Waals surface area contributed by atoms with Crippen LogP contribution in [-0.2, 0) is 10.0 Å². The van der Waals surface area contributed by atoms with Crippen LogP contribution in [0.1, 0.15) is 25.0 Å². The van der Waals surface area contributed by atoms with Gasteiger partial charge in [0.1, 0.15) is 5.65 Å². The summed E-state index contributed by atoms with van der Waals surface area (Å²) < 4.78 is 53.7. The second-order valence-corrected chi connectivity index (χ2v) is 8.34. The van der Waals surface area contributed by atoms with Gasteiger partial charge in [0.25, 0.3) is 16.4 Å². The zero-order valence-corrected chi connectivity index (χ0v) is 15.6. The van der Waals surface area contributed by atoms with Gasteiger partial charge in [-0.25, -0.2) is 31.9 Å². The molecule has 7 nitrogen and oxygen atoms in total. The standard InChI is InChI=1S/C18H19F2N5O2S/c19-17(20)15-9-14-13(5-8-22-18(14)24-15)11-1-2-16(23-10-11)28(26,27)25-12-3-6-21-7-4-12/h1-2,5,8-10,12,17,21,25H,3-4,6-7H2,(H,22,24). The van der Waals surface area contributed by atoms with Crippen LogP contribution in [0.5, 0.6) is 0 Å². The van der Waals surface area contributed by atoms with E-state index in [1.165, 1.54) is 24.5 Å². The van der Waals surface area contributed by atoms with Gasteiger partial charge in [0.15, 0.2) is 5.03 Å². The first-order valence-electron chi connectivity index (χ1n) is 8.89. The molecule has 0 aliphatic carbocycles. The molecule has 0 aromatic carbocycles. The van der Waals surface area contributed by atoms with Gasteiger partial charge in [-0.15, -0.1) is 0 Å². The molecule has 3 aromatic heterocycles. The maximum absolute atomic E-state index is 13.0. The number of piperidine rings is 1. The summed E-state index contributed by atoms with van der Waals surface area (Å²) in [6.45, 7) is 1.55. The fraction of sp³-hybridized carbons (Fsp3) is 0.333. The Morgan fingerprint density at radius 2 is 1.93 bits per heavy atom. The lowest BCUT2D eigenvalue weighted by atomic mass is 10.1. The Morgan fingerprint density at radius 3 is 2.61 bits per heavy atom. The number of aromatic amines is 1. The molecule has 4 rings (SSSR count). The maximum Gasteiger partial charge on any atom is 0.278 e. The van der Waals surface area contributed by atoms with E-state index in [4.69, 9.17) is 0 Å². The molecular weight excluding hydrogens is 388 g/mol. The molecule has 28 heavy (non-hydrogen) atoms. The molecule has 1 aliphatic heterocycles. The Morgan fingerprint density at radius 1 is 1.14 bits per heavy atom. The number of nitrogens with one attached hydrogen (secondary N) is 3. The average Bonchev–Trinajstić information content (AvgIpc) is 3.13. The highest BCUT2D eigenvalue weighted by molar-refractivity contribution is 7.89. The van der Waals surface area contributed by atoms with Crippen molar-refractivity contribution in [2.24, 2.45) is 0 Å². The van der Waals surface area contributed by atoms with Crippen molar-refractivity contribution in [1.82, 2.24) is 25.0 Å². The lowest BCUT2D eigenvalue weighted by molar-refractivity contribution is 0.147. The van der Waals surface area contributed by atoms with Crippen LogP contribution in [-0.4, -0.2) is 42.5 Å². The summed E-state index contributed by atoms with van der Waals surface area (Å²) in [7, 11) is -3.72. The summed E-state index contributed by atoms with van der Waals surface area (Å²) >= 11 is 0. The van der Waals surface area contributed by atoms with Crippen LogP contribution in [0.15, 0.2) is 41.7 Å². The van der Waals surface area contributed by atoms with Gasteiger partial charge < -0.3 is 10.3 Å². The molecule has 0 spiro atoms. The molecule has 4 heterocycles. The van der Waals surface area contributed by atoms with Gasteiger partial charge in [-0.1, -0.05) is 0 Å². The summed E-state index contributed by atoms with van der Waals surface area (Å²) in [6.07, 6.45) is 1.76. The Bertz CT molecular complexity index is 1080. The predicted molar refractivity (Wildman–Crippen MR) is 100 cm³/mol. The normalized spacial score (nSPS) is 16.1. The number of sulfonamides is 1. The zero-order chi connectivity index (χ0) is 19.7. The Balaban J connectivity index is 1.62. The summed E-state index contributed by atoms with van der Waals surface area (Å²) in [5.41, 5.74) is 1.40. The molecular formula is C18H19F2N5O2S. The molecule has 1 aliphatic rings. The summed E-state index contributed by atoms with van der Waals surface area (Å²) in [5, 5.41) is 3.65. The number of H-pyrrole nitrogens is 1. The van der Waals surface area contributed by atoms with E-state index in [9.17, 15) is 17.2 Å². The SMILES string of the molecule is O=S(=O)(NC1CCNCC1)c1ccc(-c2ccnc3[nH]c(C(F)F)cc23)cn1. The maximum atomic E-state index is 13.0. The van der Waals surface area contributed by atoms with Gasteiger partial charge in [-0.2, -0.15) is 0 Å². The van der Waals surface area contributed by atoms with E-state index in [0.717, 1.165) is 25.9 Å². The van der Waals surface area contributed by atoms with Crippen molar-refractivity contribution in [1.29, 1.82) is 0 Å². The smallest absolute Gasteiger partial charge is 0.278 e. The van der Waals surface area contributed by atoms with E-state index < -0.39 is 16.4 Å². The van der Waals surface area contributed by atoms with Crippen LogP contribution in [0.2, 0.25) is 0 Å². The minimum atomic E-state index is -3.72. The van der Waals surface area contributed by atoms with Crippen molar-refractivity contribution in [2.45, 2.75) is 30.3 Å². The first-order chi connectivity index (χ1) is 13.4. The third-order valence-corrected chi connectivity index (χ3v) is 6.21. The van der Waals surface area contributed by atoms with Gasteiger partial charge in [0, 0.05) is 29.4 Å². The molecule has 1 fully saturated rings. The highest BCUT2D eigenvalue weighted by atomic mass is 32.2. The van der Waals surface area contributed by atoms with Crippen LogP contribution >= 0.6 is 0 Å². The molecule has 148 valence electrons. The highest BCUT2D eigenvalue weighted by Crippen LogP contribution is 2.30. The topological polar surface area (TPSA) is 99.8 Å². The minimum Gasteiger partial charge on any atom is -0.338 e. The van der Waals surface area contributed by atoms with E-state index in [1.807, 2.05) is 0 Å². The molecule has 1 saturated heterocycles. The van der Waals surface area contributed by atoms with E-state index in [1.54, 1.807) is 12.1 Å². The van der Waals surface area contributed by atoms with Crippen molar-refractivity contribution in [2.75, 3.05) is 13.1 Å².